The molecule has 2 nitrogen and oxygen atoms in total. The van der Waals surface area contributed by atoms with Crippen LogP contribution in [0.1, 0.15) is 30.0 Å². The van der Waals surface area contributed by atoms with Gasteiger partial charge in [-0.2, -0.15) is 0 Å². The van der Waals surface area contributed by atoms with E-state index in [0.717, 1.165) is 24.8 Å². The Morgan fingerprint density at radius 1 is 1.15 bits per heavy atom. The van der Waals surface area contributed by atoms with E-state index in [1.54, 1.807) is 6.07 Å². The van der Waals surface area contributed by atoms with Gasteiger partial charge in [-0.15, -0.1) is 0 Å². The molecule has 0 fully saturated rings. The number of benzene rings is 2. The van der Waals surface area contributed by atoms with Gasteiger partial charge >= 0.3 is 0 Å². The Kier molecular flexibility index (Phi) is 3.70. The minimum absolute atomic E-state index is 0.0551. The van der Waals surface area contributed by atoms with Crippen LogP contribution in [0.4, 0.5) is 4.39 Å². The molecule has 1 aliphatic rings. The number of halogens is 1. The van der Waals surface area contributed by atoms with Crippen LogP contribution in [0, 0.1) is 5.82 Å². The molecule has 0 aliphatic carbocycles. The molecule has 2 atom stereocenters. The van der Waals surface area contributed by atoms with E-state index in [2.05, 4.69) is 12.1 Å². The van der Waals surface area contributed by atoms with Gasteiger partial charge in [0.25, 0.3) is 0 Å². The SMILES string of the molecule is NC1CC(CCc2ccccc2)Oc2cc(F)ccc21. The van der Waals surface area contributed by atoms with Crippen molar-refractivity contribution in [3.63, 3.8) is 0 Å². The van der Waals surface area contributed by atoms with Crippen molar-refractivity contribution in [3.8, 4) is 5.75 Å². The summed E-state index contributed by atoms with van der Waals surface area (Å²) in [7, 11) is 0. The molecule has 2 N–H and O–H groups in total. The van der Waals surface area contributed by atoms with Gasteiger partial charge in [0.1, 0.15) is 17.7 Å². The lowest BCUT2D eigenvalue weighted by Crippen LogP contribution is -2.30. The zero-order valence-electron chi connectivity index (χ0n) is 11.3. The maximum atomic E-state index is 13.3. The second-order valence-corrected chi connectivity index (χ2v) is 5.29. The number of hydrogen-bond acceptors (Lipinski definition) is 2. The summed E-state index contributed by atoms with van der Waals surface area (Å²) in [6.45, 7) is 0. The largest absolute Gasteiger partial charge is 0.490 e. The summed E-state index contributed by atoms with van der Waals surface area (Å²) in [5.41, 5.74) is 8.35. The molecule has 3 rings (SSSR count). The van der Waals surface area contributed by atoms with Crippen LogP contribution in [0.25, 0.3) is 0 Å². The molecule has 0 bridgehead atoms. The molecule has 0 saturated heterocycles. The van der Waals surface area contributed by atoms with Crippen molar-refractivity contribution in [1.29, 1.82) is 0 Å². The van der Waals surface area contributed by atoms with Gasteiger partial charge in [0.05, 0.1) is 0 Å². The van der Waals surface area contributed by atoms with Crippen molar-refractivity contribution in [2.24, 2.45) is 5.73 Å². The topological polar surface area (TPSA) is 35.2 Å². The zero-order chi connectivity index (χ0) is 13.9. The van der Waals surface area contributed by atoms with Gasteiger partial charge in [-0.3, -0.25) is 0 Å². The molecule has 2 unspecified atom stereocenters. The summed E-state index contributed by atoms with van der Waals surface area (Å²) < 4.78 is 19.2. The summed E-state index contributed by atoms with van der Waals surface area (Å²) in [5, 5.41) is 0. The van der Waals surface area contributed by atoms with Gasteiger partial charge < -0.3 is 10.5 Å². The lowest BCUT2D eigenvalue weighted by Gasteiger charge is -2.30. The van der Waals surface area contributed by atoms with E-state index < -0.39 is 0 Å². The van der Waals surface area contributed by atoms with Gasteiger partial charge in [0, 0.05) is 24.1 Å². The van der Waals surface area contributed by atoms with Crippen molar-refractivity contribution in [2.75, 3.05) is 0 Å². The van der Waals surface area contributed by atoms with E-state index in [1.165, 1.54) is 17.7 Å². The van der Waals surface area contributed by atoms with Crippen molar-refractivity contribution < 1.29 is 9.13 Å². The summed E-state index contributed by atoms with van der Waals surface area (Å²) >= 11 is 0. The lowest BCUT2D eigenvalue weighted by molar-refractivity contribution is 0.149. The number of aryl methyl sites for hydroxylation is 1. The highest BCUT2D eigenvalue weighted by Gasteiger charge is 2.25. The minimum Gasteiger partial charge on any atom is -0.490 e. The van der Waals surface area contributed by atoms with Crippen LogP contribution < -0.4 is 10.5 Å². The van der Waals surface area contributed by atoms with Crippen molar-refractivity contribution in [1.82, 2.24) is 0 Å². The average Bonchev–Trinajstić information content (AvgIpc) is 2.46. The molecule has 2 aromatic rings. The fraction of sp³-hybridized carbons (Fsp3) is 0.294. The number of nitrogens with two attached hydrogens (primary N) is 1. The fourth-order valence-corrected chi connectivity index (χ4v) is 2.70. The maximum Gasteiger partial charge on any atom is 0.127 e. The molecule has 1 heterocycles. The third-order valence-electron chi connectivity index (χ3n) is 3.78. The summed E-state index contributed by atoms with van der Waals surface area (Å²) in [4.78, 5) is 0. The quantitative estimate of drug-likeness (QED) is 0.925. The Bertz CT molecular complexity index is 585. The molecule has 3 heteroatoms. The molecule has 0 aromatic heterocycles. The van der Waals surface area contributed by atoms with E-state index in [4.69, 9.17) is 10.5 Å². The minimum atomic E-state index is -0.278. The first-order valence-electron chi connectivity index (χ1n) is 6.98. The van der Waals surface area contributed by atoms with Gasteiger partial charge in [-0.05, 0) is 24.5 Å². The summed E-state index contributed by atoms with van der Waals surface area (Å²) in [5.74, 6) is 0.321. The van der Waals surface area contributed by atoms with Crippen LogP contribution in [0.15, 0.2) is 48.5 Å². The molecule has 0 saturated carbocycles. The number of ether oxygens (including phenoxy) is 1. The van der Waals surface area contributed by atoms with Gasteiger partial charge in [-0.25, -0.2) is 4.39 Å². The van der Waals surface area contributed by atoms with Crippen LogP contribution in [0.3, 0.4) is 0 Å². The van der Waals surface area contributed by atoms with Crippen LogP contribution in [0.5, 0.6) is 5.75 Å². The highest BCUT2D eigenvalue weighted by atomic mass is 19.1. The Morgan fingerprint density at radius 2 is 1.95 bits per heavy atom. The van der Waals surface area contributed by atoms with Crippen LogP contribution >= 0.6 is 0 Å². The van der Waals surface area contributed by atoms with Gasteiger partial charge in [0.15, 0.2) is 0 Å². The van der Waals surface area contributed by atoms with E-state index >= 15 is 0 Å². The highest BCUT2D eigenvalue weighted by Crippen LogP contribution is 2.35. The highest BCUT2D eigenvalue weighted by molar-refractivity contribution is 5.38. The Hall–Kier alpha value is -1.87. The van der Waals surface area contributed by atoms with E-state index in [-0.39, 0.29) is 18.0 Å². The normalized spacial score (nSPS) is 21.1. The first kappa shape index (κ1) is 13.1. The Labute approximate surface area is 118 Å². The lowest BCUT2D eigenvalue weighted by atomic mass is 9.94. The van der Waals surface area contributed by atoms with Gasteiger partial charge in [-0.1, -0.05) is 36.4 Å². The number of hydrogen-bond donors (Lipinski definition) is 1. The maximum absolute atomic E-state index is 13.3. The second-order valence-electron chi connectivity index (χ2n) is 5.29. The summed E-state index contributed by atoms with van der Waals surface area (Å²) in [6, 6.07) is 14.8. The first-order valence-corrected chi connectivity index (χ1v) is 6.98. The average molecular weight is 271 g/mol. The molecule has 0 amide bonds. The number of rotatable bonds is 3. The van der Waals surface area contributed by atoms with Gasteiger partial charge in [0.2, 0.25) is 0 Å². The molecule has 104 valence electrons. The molecule has 20 heavy (non-hydrogen) atoms. The Morgan fingerprint density at radius 3 is 2.75 bits per heavy atom. The first-order chi connectivity index (χ1) is 9.72. The molecular formula is C17H18FNO. The van der Waals surface area contributed by atoms with Crippen LogP contribution in [0.2, 0.25) is 0 Å². The molecule has 2 aromatic carbocycles. The number of fused-ring (bicyclic) bond motifs is 1. The monoisotopic (exact) mass is 271 g/mol. The third-order valence-corrected chi connectivity index (χ3v) is 3.78. The van der Waals surface area contributed by atoms with E-state index in [0.29, 0.717) is 5.75 Å². The van der Waals surface area contributed by atoms with Crippen molar-refractivity contribution in [2.45, 2.75) is 31.4 Å². The molecular weight excluding hydrogens is 253 g/mol. The molecule has 0 radical (unpaired) electrons. The van der Waals surface area contributed by atoms with Crippen molar-refractivity contribution in [3.05, 3.63) is 65.5 Å². The third kappa shape index (κ3) is 2.83. The van der Waals surface area contributed by atoms with E-state index in [9.17, 15) is 4.39 Å². The second kappa shape index (κ2) is 5.63. The standard InChI is InChI=1S/C17H18FNO/c18-13-7-9-15-16(19)11-14(20-17(15)10-13)8-6-12-4-2-1-3-5-12/h1-5,7,9-10,14,16H,6,8,11,19H2. The molecule has 0 spiro atoms. The van der Waals surface area contributed by atoms with Crippen molar-refractivity contribution >= 4 is 0 Å². The van der Waals surface area contributed by atoms with Crippen LogP contribution in [-0.2, 0) is 6.42 Å². The predicted molar refractivity (Wildman–Crippen MR) is 77.1 cm³/mol. The Balaban J connectivity index is 1.68. The predicted octanol–water partition coefficient (Wildman–Crippen LogP) is 3.61. The fourth-order valence-electron chi connectivity index (χ4n) is 2.70. The summed E-state index contributed by atoms with van der Waals surface area (Å²) in [6.07, 6.45) is 2.68. The van der Waals surface area contributed by atoms with E-state index in [1.807, 2.05) is 18.2 Å². The van der Waals surface area contributed by atoms with Crippen LogP contribution in [-0.4, -0.2) is 6.10 Å². The molecule has 1 aliphatic heterocycles. The zero-order valence-corrected chi connectivity index (χ0v) is 11.3. The smallest absolute Gasteiger partial charge is 0.127 e.